The van der Waals surface area contributed by atoms with Crippen LogP contribution in [0.1, 0.15) is 33.1 Å². The Morgan fingerprint density at radius 2 is 2.11 bits per heavy atom. The van der Waals surface area contributed by atoms with Gasteiger partial charge in [-0.1, -0.05) is 26.3 Å². The van der Waals surface area contributed by atoms with Gasteiger partial charge in [0.1, 0.15) is 5.75 Å². The Bertz CT molecular complexity index is 417. The molecular weight excluding hydrogens is 226 g/mol. The highest BCUT2D eigenvalue weighted by Gasteiger charge is 2.48. The molecule has 0 saturated heterocycles. The molecule has 2 N–H and O–H groups in total. The molecule has 0 bridgehead atoms. The van der Waals surface area contributed by atoms with Gasteiger partial charge >= 0.3 is 0 Å². The van der Waals surface area contributed by atoms with Gasteiger partial charge in [0, 0.05) is 11.8 Å². The van der Waals surface area contributed by atoms with Crippen molar-refractivity contribution in [2.24, 2.45) is 5.41 Å². The predicted molar refractivity (Wildman–Crippen MR) is 74.1 cm³/mol. The van der Waals surface area contributed by atoms with Crippen molar-refractivity contribution in [2.45, 2.75) is 38.6 Å². The minimum Gasteiger partial charge on any atom is -0.497 e. The lowest BCUT2D eigenvalue weighted by Gasteiger charge is -2.41. The summed E-state index contributed by atoms with van der Waals surface area (Å²) in [5, 5.41) is 13.4. The van der Waals surface area contributed by atoms with Crippen LogP contribution in [0.15, 0.2) is 24.3 Å². The van der Waals surface area contributed by atoms with E-state index in [2.05, 4.69) is 19.2 Å². The molecule has 1 aromatic carbocycles. The lowest BCUT2D eigenvalue weighted by atomic mass is 9.75. The van der Waals surface area contributed by atoms with Crippen molar-refractivity contribution in [1.29, 1.82) is 0 Å². The quantitative estimate of drug-likeness (QED) is 0.861. The second-order valence-electron chi connectivity index (χ2n) is 5.83. The zero-order valence-corrected chi connectivity index (χ0v) is 11.5. The van der Waals surface area contributed by atoms with Gasteiger partial charge in [0.15, 0.2) is 0 Å². The maximum absolute atomic E-state index is 9.85. The number of rotatable bonds is 4. The highest BCUT2D eigenvalue weighted by molar-refractivity contribution is 5.51. The lowest BCUT2D eigenvalue weighted by Crippen LogP contribution is -2.50. The summed E-state index contributed by atoms with van der Waals surface area (Å²) >= 11 is 0. The molecule has 100 valence electrons. The fourth-order valence-corrected chi connectivity index (χ4v) is 2.95. The summed E-state index contributed by atoms with van der Waals surface area (Å²) in [4.78, 5) is 0. The number of hydrogen-bond donors (Lipinski definition) is 2. The summed E-state index contributed by atoms with van der Waals surface area (Å²) < 4.78 is 5.24. The normalized spacial score (nSPS) is 26.0. The molecule has 1 saturated carbocycles. The van der Waals surface area contributed by atoms with Gasteiger partial charge in [-0.2, -0.15) is 0 Å². The summed E-state index contributed by atoms with van der Waals surface area (Å²) in [5.74, 6) is 0.837. The topological polar surface area (TPSA) is 41.5 Å². The minimum absolute atomic E-state index is 0.102. The Morgan fingerprint density at radius 1 is 1.33 bits per heavy atom. The molecule has 0 radical (unpaired) electrons. The first kappa shape index (κ1) is 13.2. The summed E-state index contributed by atoms with van der Waals surface area (Å²) in [5.41, 5.74) is 0.892. The van der Waals surface area contributed by atoms with E-state index in [0.29, 0.717) is 0 Å². The first-order valence-electron chi connectivity index (χ1n) is 6.56. The molecule has 2 rings (SSSR count). The van der Waals surface area contributed by atoms with Crippen molar-refractivity contribution in [1.82, 2.24) is 0 Å². The number of nitrogens with one attached hydrogen (secondary N) is 1. The maximum atomic E-state index is 9.85. The summed E-state index contributed by atoms with van der Waals surface area (Å²) in [6.45, 7) is 4.62. The van der Waals surface area contributed by atoms with Gasteiger partial charge in [-0.15, -0.1) is 0 Å². The van der Waals surface area contributed by atoms with Crippen molar-refractivity contribution in [3.8, 4) is 5.75 Å². The van der Waals surface area contributed by atoms with Gasteiger partial charge in [-0.3, -0.25) is 0 Å². The molecule has 1 aliphatic rings. The van der Waals surface area contributed by atoms with Crippen LogP contribution >= 0.6 is 0 Å². The van der Waals surface area contributed by atoms with E-state index in [1.165, 1.54) is 0 Å². The average molecular weight is 249 g/mol. The van der Waals surface area contributed by atoms with E-state index in [4.69, 9.17) is 4.74 Å². The number of benzene rings is 1. The first-order valence-corrected chi connectivity index (χ1v) is 6.56. The second kappa shape index (κ2) is 4.81. The minimum atomic E-state index is -0.223. The molecule has 18 heavy (non-hydrogen) atoms. The highest BCUT2D eigenvalue weighted by Crippen LogP contribution is 2.47. The zero-order chi connectivity index (χ0) is 13.2. The van der Waals surface area contributed by atoms with Crippen LogP contribution in [0.25, 0.3) is 0 Å². The third-order valence-electron chi connectivity index (χ3n) is 4.42. The molecule has 0 spiro atoms. The molecule has 3 heteroatoms. The number of ether oxygens (including phenoxy) is 1. The molecule has 1 aliphatic carbocycles. The van der Waals surface area contributed by atoms with Gasteiger partial charge < -0.3 is 15.2 Å². The van der Waals surface area contributed by atoms with Crippen LogP contribution in [0.2, 0.25) is 0 Å². The largest absolute Gasteiger partial charge is 0.497 e. The molecule has 1 aromatic rings. The van der Waals surface area contributed by atoms with E-state index in [9.17, 15) is 5.11 Å². The van der Waals surface area contributed by atoms with Gasteiger partial charge in [-0.05, 0) is 30.4 Å². The highest BCUT2D eigenvalue weighted by atomic mass is 16.5. The lowest BCUT2D eigenvalue weighted by molar-refractivity contribution is 0.128. The van der Waals surface area contributed by atoms with Gasteiger partial charge in [0.25, 0.3) is 0 Å². The average Bonchev–Trinajstić information content (AvgIpc) is 2.65. The summed E-state index contributed by atoms with van der Waals surface area (Å²) in [6.07, 6.45) is 3.31. The molecule has 1 atom stereocenters. The van der Waals surface area contributed by atoms with Gasteiger partial charge in [0.2, 0.25) is 0 Å². The third kappa shape index (κ3) is 2.19. The monoisotopic (exact) mass is 249 g/mol. The Balaban J connectivity index is 2.25. The first-order chi connectivity index (χ1) is 8.53. The van der Waals surface area contributed by atoms with Crippen molar-refractivity contribution in [2.75, 3.05) is 19.0 Å². The molecule has 0 heterocycles. The van der Waals surface area contributed by atoms with E-state index < -0.39 is 0 Å². The third-order valence-corrected chi connectivity index (χ3v) is 4.42. The van der Waals surface area contributed by atoms with Crippen LogP contribution in [0.5, 0.6) is 5.75 Å². The summed E-state index contributed by atoms with van der Waals surface area (Å²) in [6, 6.07) is 7.89. The van der Waals surface area contributed by atoms with Crippen molar-refractivity contribution in [3.63, 3.8) is 0 Å². The van der Waals surface area contributed by atoms with Crippen molar-refractivity contribution >= 4 is 5.69 Å². The van der Waals surface area contributed by atoms with Crippen LogP contribution in [-0.4, -0.2) is 24.4 Å². The Labute approximate surface area is 109 Å². The van der Waals surface area contributed by atoms with E-state index in [0.717, 1.165) is 30.7 Å². The van der Waals surface area contributed by atoms with Crippen molar-refractivity contribution < 1.29 is 9.84 Å². The zero-order valence-electron chi connectivity index (χ0n) is 11.5. The van der Waals surface area contributed by atoms with E-state index in [1.54, 1.807) is 7.11 Å². The van der Waals surface area contributed by atoms with E-state index >= 15 is 0 Å². The van der Waals surface area contributed by atoms with E-state index in [1.807, 2.05) is 24.3 Å². The smallest absolute Gasteiger partial charge is 0.120 e. The number of methoxy groups -OCH3 is 1. The van der Waals surface area contributed by atoms with Gasteiger partial charge in [0.05, 0.1) is 19.3 Å². The molecule has 1 fully saturated rings. The standard InChI is InChI=1S/C15H23NO2/c1-14(2)8-5-9-15(14,11-17)16-12-6-4-7-13(10-12)18-3/h4,6-7,10,16-17H,5,8-9,11H2,1-3H3. The Kier molecular flexibility index (Phi) is 3.53. The van der Waals surface area contributed by atoms with E-state index in [-0.39, 0.29) is 17.6 Å². The SMILES string of the molecule is COc1cccc(NC2(CO)CCCC2(C)C)c1. The van der Waals surface area contributed by atoms with Crippen LogP contribution in [0.4, 0.5) is 5.69 Å². The Hall–Kier alpha value is -1.22. The molecule has 0 aliphatic heterocycles. The number of hydrogen-bond acceptors (Lipinski definition) is 3. The van der Waals surface area contributed by atoms with Gasteiger partial charge in [-0.25, -0.2) is 0 Å². The maximum Gasteiger partial charge on any atom is 0.120 e. The van der Waals surface area contributed by atoms with Crippen LogP contribution in [0, 0.1) is 5.41 Å². The Morgan fingerprint density at radius 3 is 2.67 bits per heavy atom. The molecular formula is C15H23NO2. The molecule has 1 unspecified atom stereocenters. The second-order valence-corrected chi connectivity index (χ2v) is 5.83. The van der Waals surface area contributed by atoms with Crippen molar-refractivity contribution in [3.05, 3.63) is 24.3 Å². The molecule has 0 aromatic heterocycles. The predicted octanol–water partition coefficient (Wildman–Crippen LogP) is 3.05. The molecule has 3 nitrogen and oxygen atoms in total. The summed E-state index contributed by atoms with van der Waals surface area (Å²) in [7, 11) is 1.67. The fraction of sp³-hybridized carbons (Fsp3) is 0.600. The number of anilines is 1. The van der Waals surface area contributed by atoms with Crippen LogP contribution in [-0.2, 0) is 0 Å². The number of aliphatic hydroxyl groups excluding tert-OH is 1. The number of aliphatic hydroxyl groups is 1. The molecule has 0 amide bonds. The van der Waals surface area contributed by atoms with Crippen LogP contribution < -0.4 is 10.1 Å². The van der Waals surface area contributed by atoms with Crippen LogP contribution in [0.3, 0.4) is 0 Å². The fourth-order valence-electron chi connectivity index (χ4n) is 2.95.